The SMILES string of the molecule is CC[C@]1(O)C[C@H]2CN(CCC3=C(Cc4ccc(SSC(C)(C)C)cc43)[C@@](C(=O)OC)(C3C=C4C(=CC3OC)N(C)[C@H]3[C@@](O)(C(=O)OC)[C@H](OC(C)=O)[C@]5(CC)C=CCN6CC[C@]43[C@@H]65)C2)C1. The van der Waals surface area contributed by atoms with E-state index in [4.69, 9.17) is 18.9 Å². The number of carbonyl (C=O) groups is 3. The number of hydrogen-bond donors (Lipinski definition) is 2. The molecule has 1 saturated carbocycles. The van der Waals surface area contributed by atoms with Gasteiger partial charge in [0.2, 0.25) is 5.60 Å². The third-order valence-corrected chi connectivity index (χ3v) is 20.2. The van der Waals surface area contributed by atoms with Gasteiger partial charge in [0.1, 0.15) is 0 Å². The average Bonchev–Trinajstić information content (AvgIpc) is 3.94. The van der Waals surface area contributed by atoms with Crippen LogP contribution in [0.5, 0.6) is 0 Å². The lowest BCUT2D eigenvalue weighted by Crippen LogP contribution is -2.79. The number of ether oxygens (including phenoxy) is 4. The molecule has 0 aromatic heterocycles. The van der Waals surface area contributed by atoms with Crippen LogP contribution in [0.15, 0.2) is 64.2 Å². The highest BCUT2D eigenvalue weighted by molar-refractivity contribution is 8.77. The molecule has 0 amide bonds. The Morgan fingerprint density at radius 2 is 1.72 bits per heavy atom. The van der Waals surface area contributed by atoms with Crippen LogP contribution in [0.4, 0.5) is 0 Å². The first-order valence-electron chi connectivity index (χ1n) is 23.6. The van der Waals surface area contributed by atoms with E-state index in [0.717, 1.165) is 34.8 Å². The molecule has 3 aliphatic carbocycles. The topological polar surface area (TPSA) is 138 Å². The van der Waals surface area contributed by atoms with Gasteiger partial charge in [0.15, 0.2) is 6.10 Å². The van der Waals surface area contributed by atoms with Gasteiger partial charge < -0.3 is 34.1 Å². The molecular formula is C51H69N3O9S2. The second kappa shape index (κ2) is 16.5. The van der Waals surface area contributed by atoms with Crippen molar-refractivity contribution in [2.24, 2.45) is 28.1 Å². The summed E-state index contributed by atoms with van der Waals surface area (Å²) < 4.78 is 24.5. The Hall–Kier alpha value is -3.11. The average molecular weight is 932 g/mol. The van der Waals surface area contributed by atoms with E-state index in [1.807, 2.05) is 29.7 Å². The standard InChI is InChI=1S/C51H69N3O9S2/c1-11-47(58)26-31-27-50(44(56)61-9,36-22-32-14-15-33(64-65-46(4,5)6)23-35(32)34(36)16-20-53(28-31)29-47)38-24-37-39(25-40(38)60-8)52(7)42-49(37)18-21-54-19-13-17-48(12-2,41(49)54)43(63-30(3)55)51(42,59)45(57)62-10/h13-15,17,23-25,31,38,40-43,58-59H,11-12,16,18-22,26-29H2,1-10H3/t31-,38?,40?,41+,42-,43-,47+,48-,49-,50-,51+/m1/s1. The molecule has 5 heterocycles. The van der Waals surface area contributed by atoms with Gasteiger partial charge in [-0.1, -0.05) is 80.5 Å². The van der Waals surface area contributed by atoms with E-state index in [0.29, 0.717) is 64.6 Å². The largest absolute Gasteiger partial charge is 0.468 e. The number of methoxy groups -OCH3 is 3. The predicted octanol–water partition coefficient (Wildman–Crippen LogP) is 6.60. The third kappa shape index (κ3) is 6.90. The van der Waals surface area contributed by atoms with Gasteiger partial charge in [-0.05, 0) is 103 Å². The van der Waals surface area contributed by atoms with Gasteiger partial charge in [-0.15, -0.1) is 0 Å². The quantitative estimate of drug-likeness (QED) is 0.119. The maximum absolute atomic E-state index is 15.7. The van der Waals surface area contributed by atoms with Crippen LogP contribution in [-0.4, -0.2) is 144 Å². The summed E-state index contributed by atoms with van der Waals surface area (Å²) in [6.45, 7) is 15.5. The molecule has 8 aliphatic rings. The summed E-state index contributed by atoms with van der Waals surface area (Å²) in [7, 11) is 9.98. The monoisotopic (exact) mass is 931 g/mol. The fourth-order valence-electron chi connectivity index (χ4n) is 14.6. The molecule has 9 rings (SSSR count). The van der Waals surface area contributed by atoms with Gasteiger partial charge in [-0.25, -0.2) is 4.79 Å². The molecule has 1 aromatic carbocycles. The van der Waals surface area contributed by atoms with Gasteiger partial charge in [-0.3, -0.25) is 19.4 Å². The molecule has 0 radical (unpaired) electrons. The summed E-state index contributed by atoms with van der Waals surface area (Å²) in [4.78, 5) is 51.3. The molecule has 12 nitrogen and oxygen atoms in total. The van der Waals surface area contributed by atoms with E-state index in [-0.39, 0.29) is 22.7 Å². The Morgan fingerprint density at radius 1 is 0.969 bits per heavy atom. The van der Waals surface area contributed by atoms with E-state index < -0.39 is 63.6 Å². The molecule has 5 aliphatic heterocycles. The smallest absolute Gasteiger partial charge is 0.344 e. The van der Waals surface area contributed by atoms with Crippen LogP contribution in [0.1, 0.15) is 91.2 Å². The van der Waals surface area contributed by atoms with Crippen molar-refractivity contribution in [1.29, 1.82) is 0 Å². The Morgan fingerprint density at radius 3 is 2.38 bits per heavy atom. The fraction of sp³-hybridized carbons (Fsp3) is 0.667. The van der Waals surface area contributed by atoms with Crippen LogP contribution >= 0.6 is 21.6 Å². The van der Waals surface area contributed by atoms with Crippen molar-refractivity contribution in [3.8, 4) is 0 Å². The Bertz CT molecular complexity index is 2270. The number of hydrogen-bond acceptors (Lipinski definition) is 14. The van der Waals surface area contributed by atoms with Crippen molar-refractivity contribution in [2.45, 2.75) is 132 Å². The highest BCUT2D eigenvalue weighted by atomic mass is 33.1. The Balaban J connectivity index is 1.30. The molecule has 14 heteroatoms. The third-order valence-electron chi connectivity index (χ3n) is 16.8. The van der Waals surface area contributed by atoms with Crippen LogP contribution in [-0.2, 0) is 39.8 Å². The summed E-state index contributed by atoms with van der Waals surface area (Å²) in [5.41, 5.74) is 0.0992. The Kier molecular flexibility index (Phi) is 12.0. The second-order valence-corrected chi connectivity index (χ2v) is 24.3. The molecule has 4 fully saturated rings. The number of fused-ring (bicyclic) bond motifs is 5. The van der Waals surface area contributed by atoms with Gasteiger partial charge >= 0.3 is 17.9 Å². The van der Waals surface area contributed by atoms with Gasteiger partial charge in [0.25, 0.3) is 0 Å². The number of rotatable bonds is 9. The molecule has 65 heavy (non-hydrogen) atoms. The zero-order chi connectivity index (χ0) is 46.6. The molecule has 1 aromatic rings. The molecule has 3 saturated heterocycles. The molecule has 2 bridgehead atoms. The van der Waals surface area contributed by atoms with E-state index in [9.17, 15) is 19.8 Å². The van der Waals surface area contributed by atoms with Crippen LogP contribution in [0, 0.1) is 28.1 Å². The normalized spacial score (nSPS) is 39.4. The van der Waals surface area contributed by atoms with Gasteiger partial charge in [0, 0.05) is 85.4 Å². The maximum atomic E-state index is 15.7. The molecule has 2 N–H and O–H groups in total. The number of carbonyl (C=O) groups excluding carboxylic acids is 3. The number of aliphatic hydroxyl groups is 2. The summed E-state index contributed by atoms with van der Waals surface area (Å²) in [5, 5.41) is 25.6. The summed E-state index contributed by atoms with van der Waals surface area (Å²) >= 11 is 0. The number of piperidine rings is 1. The van der Waals surface area contributed by atoms with Crippen LogP contribution in [0.3, 0.4) is 0 Å². The Labute approximate surface area is 393 Å². The van der Waals surface area contributed by atoms with Gasteiger partial charge in [0.05, 0.1) is 37.4 Å². The number of likely N-dealkylation sites (tertiary alicyclic amines) is 1. The van der Waals surface area contributed by atoms with Crippen molar-refractivity contribution in [1.82, 2.24) is 14.7 Å². The minimum absolute atomic E-state index is 0.0436. The summed E-state index contributed by atoms with van der Waals surface area (Å²) in [5.74, 6) is -2.38. The van der Waals surface area contributed by atoms with Crippen molar-refractivity contribution in [3.63, 3.8) is 0 Å². The minimum Gasteiger partial charge on any atom is -0.468 e. The van der Waals surface area contributed by atoms with Crippen LogP contribution in [0.2, 0.25) is 0 Å². The van der Waals surface area contributed by atoms with Crippen LogP contribution < -0.4 is 0 Å². The van der Waals surface area contributed by atoms with E-state index >= 15 is 4.79 Å². The van der Waals surface area contributed by atoms with E-state index in [2.05, 4.69) is 80.0 Å². The first kappa shape index (κ1) is 47.0. The number of benzene rings is 1. The lowest BCUT2D eigenvalue weighted by Gasteiger charge is -2.63. The van der Waals surface area contributed by atoms with E-state index in [1.54, 1.807) is 17.9 Å². The number of esters is 3. The van der Waals surface area contributed by atoms with Crippen molar-refractivity contribution >= 4 is 45.1 Å². The number of nitrogens with zero attached hydrogens (tertiary/aromatic N) is 3. The number of likely N-dealkylation sites (N-methyl/N-ethyl adjacent to an activating group) is 1. The zero-order valence-electron chi connectivity index (χ0n) is 39.9. The minimum atomic E-state index is -2.28. The predicted molar refractivity (Wildman–Crippen MR) is 253 cm³/mol. The summed E-state index contributed by atoms with van der Waals surface area (Å²) in [6, 6.07) is 5.58. The first-order valence-corrected chi connectivity index (χ1v) is 25.8. The highest BCUT2D eigenvalue weighted by Crippen LogP contribution is 2.71. The van der Waals surface area contributed by atoms with Crippen LogP contribution in [0.25, 0.3) is 5.57 Å². The first-order chi connectivity index (χ1) is 30.8. The lowest BCUT2D eigenvalue weighted by atomic mass is 9.47. The second-order valence-electron chi connectivity index (χ2n) is 21.3. The molecule has 354 valence electrons. The van der Waals surface area contributed by atoms with Crippen molar-refractivity contribution in [2.75, 3.05) is 61.1 Å². The van der Waals surface area contributed by atoms with Gasteiger partial charge in [-0.2, -0.15) is 0 Å². The maximum Gasteiger partial charge on any atom is 0.344 e. The molecule has 3 unspecified atom stereocenters. The van der Waals surface area contributed by atoms with Crippen molar-refractivity contribution < 1.29 is 43.5 Å². The molecule has 1 spiro atoms. The lowest BCUT2D eigenvalue weighted by molar-refractivity contribution is -0.243. The summed E-state index contributed by atoms with van der Waals surface area (Å²) in [6.07, 6.45) is 10.6. The molecular weight excluding hydrogens is 863 g/mol. The highest BCUT2D eigenvalue weighted by Gasteiger charge is 2.81. The fourth-order valence-corrected chi connectivity index (χ4v) is 16.6. The molecule has 12 atom stereocenters. The zero-order valence-corrected chi connectivity index (χ0v) is 41.5. The van der Waals surface area contributed by atoms with E-state index in [1.165, 1.54) is 37.8 Å². The number of allylic oxidation sites excluding steroid dienone is 1. The van der Waals surface area contributed by atoms with Crippen molar-refractivity contribution in [3.05, 3.63) is 70.5 Å².